The fraction of sp³-hybridized carbons (Fsp3) is 0.438. The lowest BCUT2D eigenvalue weighted by molar-refractivity contribution is 0.291. The van der Waals surface area contributed by atoms with Gasteiger partial charge in [0.15, 0.2) is 11.5 Å². The van der Waals surface area contributed by atoms with Crippen molar-refractivity contribution >= 4 is 0 Å². The molecule has 5 nitrogen and oxygen atoms in total. The van der Waals surface area contributed by atoms with E-state index >= 15 is 0 Å². The van der Waals surface area contributed by atoms with Crippen molar-refractivity contribution in [3.8, 4) is 11.5 Å². The second-order valence-corrected chi connectivity index (χ2v) is 4.77. The highest BCUT2D eigenvalue weighted by Crippen LogP contribution is 2.31. The zero-order valence-electron chi connectivity index (χ0n) is 12.9. The predicted molar refractivity (Wildman–Crippen MR) is 82.8 cm³/mol. The van der Waals surface area contributed by atoms with E-state index in [1.54, 1.807) is 13.3 Å². The fourth-order valence-electron chi connectivity index (χ4n) is 2.19. The first-order valence-corrected chi connectivity index (χ1v) is 7.22. The van der Waals surface area contributed by atoms with Gasteiger partial charge in [0.2, 0.25) is 0 Å². The van der Waals surface area contributed by atoms with Crippen molar-refractivity contribution in [3.63, 3.8) is 0 Å². The number of hydrogen-bond donors (Lipinski definition) is 1. The predicted octanol–water partition coefficient (Wildman–Crippen LogP) is 2.16. The number of hydrogen-bond acceptors (Lipinski definition) is 4. The molecule has 21 heavy (non-hydrogen) atoms. The minimum Gasteiger partial charge on any atom is -0.493 e. The van der Waals surface area contributed by atoms with Gasteiger partial charge in [0.05, 0.1) is 13.7 Å². The molecule has 2 aromatic rings. The Kier molecular flexibility index (Phi) is 5.63. The highest BCUT2D eigenvalue weighted by molar-refractivity contribution is 5.46. The second kappa shape index (κ2) is 7.69. The topological polar surface area (TPSA) is 48.3 Å². The third kappa shape index (κ3) is 3.98. The van der Waals surface area contributed by atoms with Crippen molar-refractivity contribution in [2.45, 2.75) is 19.9 Å². The molecule has 0 aliphatic rings. The summed E-state index contributed by atoms with van der Waals surface area (Å²) in [6.45, 7) is 4.38. The molecule has 0 aliphatic carbocycles. The molecule has 0 aliphatic heterocycles. The molecule has 1 N–H and O–H groups in total. The maximum absolute atomic E-state index is 5.98. The largest absolute Gasteiger partial charge is 0.493 e. The summed E-state index contributed by atoms with van der Waals surface area (Å²) in [6.07, 6.45) is 2.62. The molecule has 0 amide bonds. The monoisotopic (exact) mass is 289 g/mol. The van der Waals surface area contributed by atoms with Gasteiger partial charge in [-0.2, -0.15) is 5.10 Å². The van der Waals surface area contributed by atoms with Crippen molar-refractivity contribution in [2.75, 3.05) is 20.3 Å². The number of para-hydroxylation sites is 1. The van der Waals surface area contributed by atoms with Gasteiger partial charge >= 0.3 is 0 Å². The molecule has 2 rings (SSSR count). The maximum atomic E-state index is 5.98. The van der Waals surface area contributed by atoms with Gasteiger partial charge in [0, 0.05) is 37.5 Å². The maximum Gasteiger partial charge on any atom is 0.165 e. The molecule has 1 heterocycles. The number of benzene rings is 1. The first-order chi connectivity index (χ1) is 10.3. The van der Waals surface area contributed by atoms with Crippen LogP contribution in [-0.2, 0) is 20.0 Å². The lowest BCUT2D eigenvalue weighted by atomic mass is 10.2. The van der Waals surface area contributed by atoms with E-state index in [1.165, 1.54) is 0 Å². The molecule has 1 aromatic carbocycles. The summed E-state index contributed by atoms with van der Waals surface area (Å²) in [6, 6.07) is 7.98. The van der Waals surface area contributed by atoms with E-state index in [-0.39, 0.29) is 0 Å². The first kappa shape index (κ1) is 15.4. The van der Waals surface area contributed by atoms with Crippen LogP contribution in [0.4, 0.5) is 0 Å². The average molecular weight is 289 g/mol. The second-order valence-electron chi connectivity index (χ2n) is 4.77. The summed E-state index contributed by atoms with van der Waals surface area (Å²) in [5.74, 6) is 1.60. The quantitative estimate of drug-likeness (QED) is 0.809. The molecule has 114 valence electrons. The summed E-state index contributed by atoms with van der Waals surface area (Å²) < 4.78 is 13.3. The molecular formula is C16H23N3O2. The van der Waals surface area contributed by atoms with Gasteiger partial charge in [-0.05, 0) is 18.7 Å². The van der Waals surface area contributed by atoms with E-state index in [0.29, 0.717) is 6.61 Å². The van der Waals surface area contributed by atoms with Gasteiger partial charge in [-0.3, -0.25) is 4.68 Å². The summed E-state index contributed by atoms with van der Waals surface area (Å²) in [5, 5.41) is 7.48. The molecule has 0 unspecified atom stereocenters. The number of nitrogens with one attached hydrogen (secondary N) is 1. The van der Waals surface area contributed by atoms with E-state index in [0.717, 1.165) is 42.3 Å². The molecule has 0 saturated heterocycles. The van der Waals surface area contributed by atoms with Crippen LogP contribution in [-0.4, -0.2) is 30.0 Å². The molecular weight excluding hydrogens is 266 g/mol. The van der Waals surface area contributed by atoms with Gasteiger partial charge in [-0.25, -0.2) is 0 Å². The average Bonchev–Trinajstić information content (AvgIpc) is 2.91. The molecule has 5 heteroatoms. The summed E-state index contributed by atoms with van der Waals surface area (Å²) in [7, 11) is 3.61. The number of aryl methyl sites for hydroxylation is 1. The van der Waals surface area contributed by atoms with Crippen molar-refractivity contribution < 1.29 is 9.47 Å². The van der Waals surface area contributed by atoms with E-state index in [9.17, 15) is 0 Å². The standard InChI is InChI=1S/C16H23N3O2/c1-4-17-12-13-6-5-7-15(20-3)16(13)21-11-9-14-8-10-18-19(14)2/h5-8,10,17H,4,9,11-12H2,1-3H3. The molecule has 0 radical (unpaired) electrons. The van der Waals surface area contributed by atoms with E-state index < -0.39 is 0 Å². The van der Waals surface area contributed by atoms with Crippen LogP contribution in [0.2, 0.25) is 0 Å². The van der Waals surface area contributed by atoms with Crippen molar-refractivity contribution in [3.05, 3.63) is 41.7 Å². The summed E-state index contributed by atoms with van der Waals surface area (Å²) in [5.41, 5.74) is 2.26. The highest BCUT2D eigenvalue weighted by atomic mass is 16.5. The Bertz CT molecular complexity index is 566. The SMILES string of the molecule is CCNCc1cccc(OC)c1OCCc1ccnn1C. The zero-order valence-corrected chi connectivity index (χ0v) is 12.9. The number of nitrogens with zero attached hydrogens (tertiary/aromatic N) is 2. The molecule has 0 spiro atoms. The number of rotatable bonds is 8. The van der Waals surface area contributed by atoms with E-state index in [1.807, 2.05) is 29.9 Å². The molecule has 0 saturated carbocycles. The van der Waals surface area contributed by atoms with Crippen molar-refractivity contribution in [1.82, 2.24) is 15.1 Å². The summed E-state index contributed by atoms with van der Waals surface area (Å²) in [4.78, 5) is 0. The van der Waals surface area contributed by atoms with E-state index in [2.05, 4.69) is 23.4 Å². The van der Waals surface area contributed by atoms with Crippen LogP contribution in [0.25, 0.3) is 0 Å². The molecule has 1 aromatic heterocycles. The normalized spacial score (nSPS) is 10.6. The molecule has 0 bridgehead atoms. The minimum absolute atomic E-state index is 0.596. The number of methoxy groups -OCH3 is 1. The minimum atomic E-state index is 0.596. The lowest BCUT2D eigenvalue weighted by Gasteiger charge is -2.15. The highest BCUT2D eigenvalue weighted by Gasteiger charge is 2.10. The lowest BCUT2D eigenvalue weighted by Crippen LogP contribution is -2.14. The van der Waals surface area contributed by atoms with Crippen molar-refractivity contribution in [2.24, 2.45) is 7.05 Å². The summed E-state index contributed by atoms with van der Waals surface area (Å²) >= 11 is 0. The Morgan fingerprint density at radius 1 is 1.29 bits per heavy atom. The molecule has 0 atom stereocenters. The fourth-order valence-corrected chi connectivity index (χ4v) is 2.19. The van der Waals surface area contributed by atoms with Crippen LogP contribution in [0.5, 0.6) is 11.5 Å². The Morgan fingerprint density at radius 2 is 2.14 bits per heavy atom. The van der Waals surface area contributed by atoms with E-state index in [4.69, 9.17) is 9.47 Å². The number of ether oxygens (including phenoxy) is 2. The van der Waals surface area contributed by atoms with Gasteiger partial charge in [-0.1, -0.05) is 19.1 Å². The van der Waals surface area contributed by atoms with Gasteiger partial charge in [0.25, 0.3) is 0 Å². The van der Waals surface area contributed by atoms with Crippen LogP contribution in [0.3, 0.4) is 0 Å². The van der Waals surface area contributed by atoms with Gasteiger partial charge in [-0.15, -0.1) is 0 Å². The Morgan fingerprint density at radius 3 is 2.81 bits per heavy atom. The van der Waals surface area contributed by atoms with Crippen LogP contribution in [0, 0.1) is 0 Å². The third-order valence-electron chi connectivity index (χ3n) is 3.37. The van der Waals surface area contributed by atoms with Crippen LogP contribution >= 0.6 is 0 Å². The smallest absolute Gasteiger partial charge is 0.165 e. The third-order valence-corrected chi connectivity index (χ3v) is 3.37. The van der Waals surface area contributed by atoms with Crippen molar-refractivity contribution in [1.29, 1.82) is 0 Å². The van der Waals surface area contributed by atoms with Crippen LogP contribution < -0.4 is 14.8 Å². The Hall–Kier alpha value is -2.01. The Balaban J connectivity index is 2.04. The Labute approximate surface area is 125 Å². The molecule has 0 fully saturated rings. The van der Waals surface area contributed by atoms with Crippen LogP contribution in [0.1, 0.15) is 18.2 Å². The van der Waals surface area contributed by atoms with Gasteiger partial charge < -0.3 is 14.8 Å². The van der Waals surface area contributed by atoms with Crippen LogP contribution in [0.15, 0.2) is 30.5 Å². The first-order valence-electron chi connectivity index (χ1n) is 7.22. The van der Waals surface area contributed by atoms with Gasteiger partial charge in [0.1, 0.15) is 0 Å². The zero-order chi connectivity index (χ0) is 15.1. The number of aromatic nitrogens is 2.